The van der Waals surface area contributed by atoms with Gasteiger partial charge >= 0.3 is 0 Å². The summed E-state index contributed by atoms with van der Waals surface area (Å²) in [5, 5.41) is 11.5. The highest BCUT2D eigenvalue weighted by molar-refractivity contribution is 7.80. The third-order valence-electron chi connectivity index (χ3n) is 2.44. The number of allylic oxidation sites excluding steroid dienone is 4. The smallest absolute Gasteiger partial charge is 0.193 e. The van der Waals surface area contributed by atoms with E-state index in [9.17, 15) is 0 Å². The molecule has 0 fully saturated rings. The minimum absolute atomic E-state index is 0.158. The molecule has 0 radical (unpaired) electrons. The molecule has 1 aliphatic carbocycles. The number of aliphatic imine (C=N–C) groups is 1. The van der Waals surface area contributed by atoms with Crippen molar-refractivity contribution in [2.75, 3.05) is 6.54 Å². The first kappa shape index (κ1) is 12.6. The minimum Gasteiger partial charge on any atom is -0.361 e. The predicted molar refractivity (Wildman–Crippen MR) is 76.8 cm³/mol. The van der Waals surface area contributed by atoms with E-state index >= 15 is 0 Å². The van der Waals surface area contributed by atoms with Gasteiger partial charge in [-0.25, -0.2) is 4.99 Å². The molecule has 1 aliphatic rings. The Morgan fingerprint density at radius 3 is 2.83 bits per heavy atom. The Hall–Kier alpha value is -1.88. The molecule has 0 unspecified atom stereocenters. The summed E-state index contributed by atoms with van der Waals surface area (Å²) < 4.78 is 0. The number of hydrogen-bond acceptors (Lipinski definition) is 3. The maximum atomic E-state index is 5.07. The van der Waals surface area contributed by atoms with Crippen molar-refractivity contribution < 1.29 is 0 Å². The van der Waals surface area contributed by atoms with E-state index in [1.807, 2.05) is 43.4 Å². The Labute approximate surface area is 112 Å². The van der Waals surface area contributed by atoms with Crippen LogP contribution in [0, 0.1) is 0 Å². The van der Waals surface area contributed by atoms with Gasteiger partial charge in [0, 0.05) is 18.7 Å². The van der Waals surface area contributed by atoms with E-state index in [2.05, 4.69) is 20.5 Å². The normalized spacial score (nSPS) is 17.6. The molecule has 0 bridgehead atoms. The standard InChI is InChI=1S/C13H14N4S/c1-2-14-13(18)16-11-7-5-10(6-8-11)12-4-3-9-15-17-12/h3-10H,2H2,1H3,(H,14,18). The first-order valence-electron chi connectivity index (χ1n) is 5.80. The molecule has 0 spiro atoms. The highest BCUT2D eigenvalue weighted by atomic mass is 32.1. The number of nitrogens with zero attached hydrogens (tertiary/aromatic N) is 3. The fourth-order valence-electron chi connectivity index (χ4n) is 1.60. The summed E-state index contributed by atoms with van der Waals surface area (Å²) in [6, 6.07) is 3.84. The number of nitrogens with one attached hydrogen (secondary N) is 1. The molecular formula is C13H14N4S. The van der Waals surface area contributed by atoms with Crippen LogP contribution in [0.2, 0.25) is 0 Å². The Bertz CT molecular complexity index is 489. The summed E-state index contributed by atoms with van der Waals surface area (Å²) in [5.41, 5.74) is 1.78. The fraction of sp³-hybridized carbons (Fsp3) is 0.231. The largest absolute Gasteiger partial charge is 0.361 e. The molecular weight excluding hydrogens is 244 g/mol. The molecule has 1 heterocycles. The van der Waals surface area contributed by atoms with Gasteiger partial charge in [0.1, 0.15) is 0 Å². The molecule has 0 atom stereocenters. The second-order valence-corrected chi connectivity index (χ2v) is 4.15. The number of aromatic nitrogens is 2. The Kier molecular flexibility index (Phi) is 4.30. The summed E-state index contributed by atoms with van der Waals surface area (Å²) in [6.07, 6.45) is 9.64. The summed E-state index contributed by atoms with van der Waals surface area (Å²) in [5.74, 6) is 0.158. The monoisotopic (exact) mass is 258 g/mol. The van der Waals surface area contributed by atoms with Crippen LogP contribution < -0.4 is 5.32 Å². The zero-order valence-corrected chi connectivity index (χ0v) is 10.9. The van der Waals surface area contributed by atoms with Crippen LogP contribution in [0.15, 0.2) is 47.6 Å². The molecule has 1 N–H and O–H groups in total. The van der Waals surface area contributed by atoms with E-state index in [1.165, 1.54) is 0 Å². The van der Waals surface area contributed by atoms with Crippen LogP contribution in [0.25, 0.3) is 0 Å². The maximum Gasteiger partial charge on any atom is 0.193 e. The van der Waals surface area contributed by atoms with Crippen molar-refractivity contribution in [3.8, 4) is 0 Å². The molecule has 1 aromatic heterocycles. The van der Waals surface area contributed by atoms with Crippen molar-refractivity contribution in [2.24, 2.45) is 4.99 Å². The van der Waals surface area contributed by atoms with Crippen LogP contribution >= 0.6 is 12.2 Å². The van der Waals surface area contributed by atoms with Gasteiger partial charge in [0.2, 0.25) is 0 Å². The topological polar surface area (TPSA) is 50.2 Å². The molecule has 2 rings (SSSR count). The van der Waals surface area contributed by atoms with Crippen molar-refractivity contribution in [1.29, 1.82) is 0 Å². The van der Waals surface area contributed by atoms with E-state index in [1.54, 1.807) is 6.20 Å². The van der Waals surface area contributed by atoms with Gasteiger partial charge in [-0.1, -0.05) is 12.2 Å². The molecule has 0 aliphatic heterocycles. The lowest BCUT2D eigenvalue weighted by Crippen LogP contribution is -2.19. The van der Waals surface area contributed by atoms with Gasteiger partial charge in [-0.3, -0.25) is 0 Å². The lowest BCUT2D eigenvalue weighted by atomic mass is 9.99. The van der Waals surface area contributed by atoms with E-state index in [-0.39, 0.29) is 5.92 Å². The van der Waals surface area contributed by atoms with Gasteiger partial charge in [-0.2, -0.15) is 10.2 Å². The predicted octanol–water partition coefficient (Wildman–Crippen LogP) is 2.02. The highest BCUT2D eigenvalue weighted by Crippen LogP contribution is 2.18. The molecule has 1 aromatic rings. The Morgan fingerprint density at radius 1 is 1.44 bits per heavy atom. The summed E-state index contributed by atoms with van der Waals surface area (Å²) in [6.45, 7) is 2.77. The van der Waals surface area contributed by atoms with Crippen LogP contribution in [-0.2, 0) is 0 Å². The quantitative estimate of drug-likeness (QED) is 0.825. The second kappa shape index (κ2) is 6.16. The van der Waals surface area contributed by atoms with Crippen molar-refractivity contribution in [3.05, 3.63) is 48.3 Å². The van der Waals surface area contributed by atoms with Crippen LogP contribution in [0.4, 0.5) is 0 Å². The zero-order chi connectivity index (χ0) is 12.8. The molecule has 92 valence electrons. The molecule has 0 saturated carbocycles. The summed E-state index contributed by atoms with van der Waals surface area (Å²) in [4.78, 5) is 4.28. The minimum atomic E-state index is 0.158. The van der Waals surface area contributed by atoms with Gasteiger partial charge in [-0.05, 0) is 43.4 Å². The van der Waals surface area contributed by atoms with Crippen LogP contribution in [0.5, 0.6) is 0 Å². The van der Waals surface area contributed by atoms with Gasteiger partial charge in [0.15, 0.2) is 5.11 Å². The lowest BCUT2D eigenvalue weighted by Gasteiger charge is -2.10. The third kappa shape index (κ3) is 3.30. The van der Waals surface area contributed by atoms with E-state index < -0.39 is 0 Å². The Morgan fingerprint density at radius 2 is 2.22 bits per heavy atom. The van der Waals surface area contributed by atoms with Crippen molar-refractivity contribution in [3.63, 3.8) is 0 Å². The van der Waals surface area contributed by atoms with E-state index in [0.717, 1.165) is 18.0 Å². The molecule has 18 heavy (non-hydrogen) atoms. The summed E-state index contributed by atoms with van der Waals surface area (Å²) in [7, 11) is 0. The highest BCUT2D eigenvalue weighted by Gasteiger charge is 2.09. The fourth-order valence-corrected chi connectivity index (χ4v) is 1.84. The van der Waals surface area contributed by atoms with Gasteiger partial charge < -0.3 is 5.32 Å². The van der Waals surface area contributed by atoms with Gasteiger partial charge in [0.05, 0.1) is 11.4 Å². The van der Waals surface area contributed by atoms with Crippen LogP contribution in [0.3, 0.4) is 0 Å². The van der Waals surface area contributed by atoms with E-state index in [4.69, 9.17) is 12.2 Å². The molecule has 4 nitrogen and oxygen atoms in total. The first-order valence-corrected chi connectivity index (χ1v) is 6.21. The average molecular weight is 258 g/mol. The molecule has 0 saturated heterocycles. The van der Waals surface area contributed by atoms with Gasteiger partial charge in [0.25, 0.3) is 0 Å². The average Bonchev–Trinajstić information content (AvgIpc) is 2.41. The first-order chi connectivity index (χ1) is 8.79. The second-order valence-electron chi connectivity index (χ2n) is 3.76. The van der Waals surface area contributed by atoms with E-state index in [0.29, 0.717) is 5.11 Å². The van der Waals surface area contributed by atoms with Crippen LogP contribution in [0.1, 0.15) is 18.5 Å². The molecule has 0 amide bonds. The van der Waals surface area contributed by atoms with Crippen molar-refractivity contribution in [2.45, 2.75) is 12.8 Å². The SMILES string of the molecule is CCNC(=S)N=C1C=CC(c2cccnn2)C=C1. The summed E-state index contributed by atoms with van der Waals surface area (Å²) >= 11 is 5.07. The van der Waals surface area contributed by atoms with Crippen molar-refractivity contribution >= 4 is 23.0 Å². The number of rotatable bonds is 2. The molecule has 5 heteroatoms. The number of hydrogen-bond donors (Lipinski definition) is 1. The van der Waals surface area contributed by atoms with Gasteiger partial charge in [-0.15, -0.1) is 0 Å². The number of thiocarbonyl (C=S) groups is 1. The van der Waals surface area contributed by atoms with Crippen molar-refractivity contribution in [1.82, 2.24) is 15.5 Å². The molecule has 0 aromatic carbocycles. The maximum absolute atomic E-state index is 5.07. The zero-order valence-electron chi connectivity index (χ0n) is 10.1. The van der Waals surface area contributed by atoms with Crippen LogP contribution in [-0.4, -0.2) is 27.6 Å². The lowest BCUT2D eigenvalue weighted by molar-refractivity contribution is 0.895. The Balaban J connectivity index is 2.05. The third-order valence-corrected chi connectivity index (χ3v) is 2.68.